The summed E-state index contributed by atoms with van der Waals surface area (Å²) in [6.45, 7) is 5.26. The molecular weight excluding hydrogens is 252 g/mol. The van der Waals surface area contributed by atoms with Gasteiger partial charge in [-0.15, -0.1) is 0 Å². The Hall–Kier alpha value is -1.71. The van der Waals surface area contributed by atoms with Gasteiger partial charge in [-0.25, -0.2) is 0 Å². The van der Waals surface area contributed by atoms with Crippen molar-refractivity contribution in [1.29, 1.82) is 0 Å². The lowest BCUT2D eigenvalue weighted by Gasteiger charge is -2.14. The molecule has 0 spiro atoms. The zero-order valence-corrected chi connectivity index (χ0v) is 12.3. The standard InChI is InChI=1S/C16H24N2O2/c1-3-12(2)20-15-6-4-5-14(9-15)17-11-16(19)18-10-13-7-8-13/h4-6,9,12-13,17H,3,7-8,10-11H2,1-2H3,(H,18,19). The second-order valence-electron chi connectivity index (χ2n) is 5.47. The van der Waals surface area contributed by atoms with Crippen molar-refractivity contribution in [3.05, 3.63) is 24.3 Å². The molecule has 20 heavy (non-hydrogen) atoms. The number of hydrogen-bond acceptors (Lipinski definition) is 3. The number of carbonyl (C=O) groups excluding carboxylic acids is 1. The van der Waals surface area contributed by atoms with Gasteiger partial charge in [0.05, 0.1) is 12.6 Å². The van der Waals surface area contributed by atoms with Crippen LogP contribution in [0.3, 0.4) is 0 Å². The average Bonchev–Trinajstić information content (AvgIpc) is 3.27. The minimum Gasteiger partial charge on any atom is -0.491 e. The van der Waals surface area contributed by atoms with Gasteiger partial charge in [-0.05, 0) is 44.2 Å². The van der Waals surface area contributed by atoms with Crippen molar-refractivity contribution in [1.82, 2.24) is 5.32 Å². The van der Waals surface area contributed by atoms with Crippen molar-refractivity contribution >= 4 is 11.6 Å². The lowest BCUT2D eigenvalue weighted by atomic mass is 10.2. The maximum Gasteiger partial charge on any atom is 0.239 e. The fourth-order valence-corrected chi connectivity index (χ4v) is 1.82. The summed E-state index contributed by atoms with van der Waals surface area (Å²) in [5.74, 6) is 1.60. The second-order valence-corrected chi connectivity index (χ2v) is 5.47. The van der Waals surface area contributed by atoms with E-state index in [2.05, 4.69) is 17.6 Å². The van der Waals surface area contributed by atoms with Gasteiger partial charge in [0.25, 0.3) is 0 Å². The molecule has 0 aromatic heterocycles. The van der Waals surface area contributed by atoms with Crippen LogP contribution in [0.25, 0.3) is 0 Å². The summed E-state index contributed by atoms with van der Waals surface area (Å²) in [5, 5.41) is 6.07. The van der Waals surface area contributed by atoms with Crippen molar-refractivity contribution in [3.8, 4) is 5.75 Å². The minimum atomic E-state index is 0.0464. The van der Waals surface area contributed by atoms with Crippen LogP contribution >= 0.6 is 0 Å². The fraction of sp³-hybridized carbons (Fsp3) is 0.562. The number of benzene rings is 1. The molecular formula is C16H24N2O2. The molecule has 1 saturated carbocycles. The lowest BCUT2D eigenvalue weighted by Crippen LogP contribution is -2.31. The van der Waals surface area contributed by atoms with Crippen molar-refractivity contribution < 1.29 is 9.53 Å². The first-order valence-electron chi connectivity index (χ1n) is 7.44. The second kappa shape index (κ2) is 7.17. The van der Waals surface area contributed by atoms with E-state index in [1.807, 2.05) is 31.2 Å². The molecule has 1 unspecified atom stereocenters. The molecule has 1 atom stereocenters. The molecule has 4 heteroatoms. The molecule has 1 aliphatic carbocycles. The maximum absolute atomic E-state index is 11.7. The highest BCUT2D eigenvalue weighted by atomic mass is 16.5. The largest absolute Gasteiger partial charge is 0.491 e. The van der Waals surface area contributed by atoms with Gasteiger partial charge in [0.1, 0.15) is 5.75 Å². The highest BCUT2D eigenvalue weighted by Crippen LogP contribution is 2.27. The van der Waals surface area contributed by atoms with Crippen LogP contribution in [0.15, 0.2) is 24.3 Å². The van der Waals surface area contributed by atoms with Gasteiger partial charge >= 0.3 is 0 Å². The van der Waals surface area contributed by atoms with Crippen molar-refractivity contribution in [2.75, 3.05) is 18.4 Å². The molecule has 2 rings (SSSR count). The highest BCUT2D eigenvalue weighted by Gasteiger charge is 2.21. The summed E-state index contributed by atoms with van der Waals surface area (Å²) in [5.41, 5.74) is 0.910. The number of hydrogen-bond donors (Lipinski definition) is 2. The molecule has 0 aliphatic heterocycles. The molecule has 0 radical (unpaired) electrons. The third kappa shape index (κ3) is 5.11. The Morgan fingerprint density at radius 2 is 2.25 bits per heavy atom. The number of amides is 1. The smallest absolute Gasteiger partial charge is 0.239 e. The van der Waals surface area contributed by atoms with Gasteiger partial charge in [-0.3, -0.25) is 4.79 Å². The summed E-state index contributed by atoms with van der Waals surface area (Å²) in [7, 11) is 0. The molecule has 0 saturated heterocycles. The summed E-state index contributed by atoms with van der Waals surface area (Å²) in [6, 6.07) is 7.74. The number of nitrogens with one attached hydrogen (secondary N) is 2. The molecule has 0 bridgehead atoms. The third-order valence-electron chi connectivity index (χ3n) is 3.48. The van der Waals surface area contributed by atoms with Gasteiger partial charge in [0.2, 0.25) is 5.91 Å². The number of carbonyl (C=O) groups is 1. The van der Waals surface area contributed by atoms with E-state index in [1.54, 1.807) is 0 Å². The molecule has 1 amide bonds. The van der Waals surface area contributed by atoms with E-state index in [0.29, 0.717) is 12.5 Å². The Morgan fingerprint density at radius 3 is 2.95 bits per heavy atom. The van der Waals surface area contributed by atoms with Crippen LogP contribution in [-0.4, -0.2) is 25.1 Å². The van der Waals surface area contributed by atoms with E-state index >= 15 is 0 Å². The minimum absolute atomic E-state index is 0.0464. The zero-order valence-electron chi connectivity index (χ0n) is 12.3. The van der Waals surface area contributed by atoms with E-state index in [4.69, 9.17) is 4.74 Å². The lowest BCUT2D eigenvalue weighted by molar-refractivity contribution is -0.119. The van der Waals surface area contributed by atoms with Crippen LogP contribution < -0.4 is 15.4 Å². The average molecular weight is 276 g/mol. The predicted octanol–water partition coefficient (Wildman–Crippen LogP) is 2.80. The van der Waals surface area contributed by atoms with Crippen LogP contribution in [0.5, 0.6) is 5.75 Å². The zero-order chi connectivity index (χ0) is 14.4. The van der Waals surface area contributed by atoms with E-state index in [0.717, 1.165) is 24.4 Å². The van der Waals surface area contributed by atoms with Crippen LogP contribution in [0.1, 0.15) is 33.1 Å². The first-order chi connectivity index (χ1) is 9.67. The number of rotatable bonds is 8. The molecule has 4 nitrogen and oxygen atoms in total. The summed E-state index contributed by atoms with van der Waals surface area (Å²) >= 11 is 0. The van der Waals surface area contributed by atoms with Gasteiger partial charge in [0, 0.05) is 18.3 Å². The molecule has 1 aromatic rings. The Bertz CT molecular complexity index is 444. The first kappa shape index (κ1) is 14.7. The van der Waals surface area contributed by atoms with E-state index in [9.17, 15) is 4.79 Å². The predicted molar refractivity (Wildman–Crippen MR) is 81.0 cm³/mol. The molecule has 1 aliphatic rings. The maximum atomic E-state index is 11.7. The van der Waals surface area contributed by atoms with Crippen LogP contribution in [0.2, 0.25) is 0 Å². The highest BCUT2D eigenvalue weighted by molar-refractivity contribution is 5.80. The van der Waals surface area contributed by atoms with Crippen LogP contribution in [0.4, 0.5) is 5.69 Å². The third-order valence-corrected chi connectivity index (χ3v) is 3.48. The quantitative estimate of drug-likeness (QED) is 0.767. The molecule has 1 aromatic carbocycles. The Morgan fingerprint density at radius 1 is 1.45 bits per heavy atom. The van der Waals surface area contributed by atoms with E-state index in [-0.39, 0.29) is 12.0 Å². The fourth-order valence-electron chi connectivity index (χ4n) is 1.82. The summed E-state index contributed by atoms with van der Waals surface area (Å²) in [6.07, 6.45) is 3.68. The molecule has 0 heterocycles. The molecule has 110 valence electrons. The van der Waals surface area contributed by atoms with Gasteiger partial charge in [0.15, 0.2) is 0 Å². The van der Waals surface area contributed by atoms with Crippen molar-refractivity contribution in [3.63, 3.8) is 0 Å². The van der Waals surface area contributed by atoms with Crippen molar-refractivity contribution in [2.24, 2.45) is 5.92 Å². The monoisotopic (exact) mass is 276 g/mol. The Kier molecular flexibility index (Phi) is 5.27. The van der Waals surface area contributed by atoms with Crippen LogP contribution in [0, 0.1) is 5.92 Å². The first-order valence-corrected chi connectivity index (χ1v) is 7.44. The Labute approximate surface area is 120 Å². The van der Waals surface area contributed by atoms with Gasteiger partial charge in [-0.1, -0.05) is 13.0 Å². The SMILES string of the molecule is CCC(C)Oc1cccc(NCC(=O)NCC2CC2)c1. The summed E-state index contributed by atoms with van der Waals surface area (Å²) in [4.78, 5) is 11.7. The van der Waals surface area contributed by atoms with Crippen LogP contribution in [-0.2, 0) is 4.79 Å². The molecule has 2 N–H and O–H groups in total. The van der Waals surface area contributed by atoms with Crippen molar-refractivity contribution in [2.45, 2.75) is 39.2 Å². The summed E-state index contributed by atoms with van der Waals surface area (Å²) < 4.78 is 5.76. The molecule has 1 fully saturated rings. The number of anilines is 1. The Balaban J connectivity index is 1.76. The van der Waals surface area contributed by atoms with Gasteiger partial charge in [-0.2, -0.15) is 0 Å². The van der Waals surface area contributed by atoms with E-state index < -0.39 is 0 Å². The normalized spacial score (nSPS) is 15.5. The van der Waals surface area contributed by atoms with E-state index in [1.165, 1.54) is 12.8 Å². The van der Waals surface area contributed by atoms with Gasteiger partial charge < -0.3 is 15.4 Å². The topological polar surface area (TPSA) is 50.4 Å². The number of ether oxygens (including phenoxy) is 1.